The zero-order valence-corrected chi connectivity index (χ0v) is 17.0. The van der Waals surface area contributed by atoms with E-state index in [0.717, 1.165) is 10.2 Å². The third kappa shape index (κ3) is 5.17. The number of hydrogen-bond acceptors (Lipinski definition) is 5. The minimum atomic E-state index is -0.710. The van der Waals surface area contributed by atoms with Gasteiger partial charge in [0.05, 0.1) is 0 Å². The first-order valence-electron chi connectivity index (χ1n) is 9.94. The van der Waals surface area contributed by atoms with Crippen molar-refractivity contribution in [1.82, 2.24) is 15.1 Å². The van der Waals surface area contributed by atoms with Crippen molar-refractivity contribution in [1.29, 1.82) is 0 Å². The zero-order chi connectivity index (χ0) is 22.3. The van der Waals surface area contributed by atoms with Crippen molar-refractivity contribution >= 4 is 17.5 Å². The molecule has 0 spiro atoms. The van der Waals surface area contributed by atoms with Gasteiger partial charge in [-0.2, -0.15) is 4.68 Å². The second-order valence-electron chi connectivity index (χ2n) is 6.99. The van der Waals surface area contributed by atoms with E-state index in [1.165, 1.54) is 0 Å². The number of nitrogens with zero attached hydrogens (tertiary/aromatic N) is 2. The Morgan fingerprint density at radius 2 is 1.62 bits per heavy atom. The fourth-order valence-corrected chi connectivity index (χ4v) is 3.04. The number of carbonyl (C=O) groups is 2. The molecule has 3 aromatic carbocycles. The Morgan fingerprint density at radius 3 is 2.38 bits per heavy atom. The van der Waals surface area contributed by atoms with Crippen molar-refractivity contribution in [3.63, 3.8) is 0 Å². The number of benzene rings is 3. The predicted molar refractivity (Wildman–Crippen MR) is 119 cm³/mol. The molecule has 2 N–H and O–H groups in total. The Bertz CT molecular complexity index is 1280. The highest BCUT2D eigenvalue weighted by molar-refractivity contribution is 6.04. The van der Waals surface area contributed by atoms with Crippen molar-refractivity contribution < 1.29 is 14.0 Å². The van der Waals surface area contributed by atoms with Gasteiger partial charge in [0.25, 0.3) is 5.91 Å². The first-order chi connectivity index (χ1) is 15.6. The monoisotopic (exact) mass is 428 g/mol. The number of nitrogens with one attached hydrogen (secondary N) is 2. The summed E-state index contributed by atoms with van der Waals surface area (Å²) in [5, 5.41) is 9.63. The van der Waals surface area contributed by atoms with Gasteiger partial charge in [-0.25, -0.2) is 4.79 Å². The minimum absolute atomic E-state index is 0.153. The molecule has 32 heavy (non-hydrogen) atoms. The van der Waals surface area contributed by atoms with Gasteiger partial charge in [0, 0.05) is 23.4 Å². The van der Waals surface area contributed by atoms with Crippen LogP contribution in [0.3, 0.4) is 0 Å². The van der Waals surface area contributed by atoms with Crippen LogP contribution in [0, 0.1) is 0 Å². The summed E-state index contributed by atoms with van der Waals surface area (Å²) in [6.07, 6.45) is 0. The number of para-hydroxylation sites is 1. The summed E-state index contributed by atoms with van der Waals surface area (Å²) in [5.74, 6) is -1.20. The van der Waals surface area contributed by atoms with E-state index in [1.54, 1.807) is 60.7 Å². The summed E-state index contributed by atoms with van der Waals surface area (Å²) in [6.45, 7) is -0.0766. The number of aromatic nitrogens is 2. The quantitative estimate of drug-likeness (QED) is 0.471. The first kappa shape index (κ1) is 20.8. The van der Waals surface area contributed by atoms with Gasteiger partial charge in [0.15, 0.2) is 0 Å². The Labute approximate surface area is 183 Å². The van der Waals surface area contributed by atoms with Crippen LogP contribution >= 0.6 is 0 Å². The molecule has 160 valence electrons. The van der Waals surface area contributed by atoms with E-state index in [9.17, 15) is 14.4 Å². The Kier molecular flexibility index (Phi) is 6.22. The number of amides is 2. The van der Waals surface area contributed by atoms with Crippen molar-refractivity contribution in [2.45, 2.75) is 13.1 Å². The third-order valence-corrected chi connectivity index (χ3v) is 4.63. The summed E-state index contributed by atoms with van der Waals surface area (Å²) in [4.78, 5) is 36.8. The fourth-order valence-electron chi connectivity index (χ4n) is 3.04. The smallest absolute Gasteiger partial charge is 0.388 e. The normalized spacial score (nSPS) is 10.5. The minimum Gasteiger partial charge on any atom is -0.388 e. The number of hydrogen-bond donors (Lipinski definition) is 2. The third-order valence-electron chi connectivity index (χ3n) is 4.63. The average molecular weight is 428 g/mol. The lowest BCUT2D eigenvalue weighted by molar-refractivity contribution is -0.122. The van der Waals surface area contributed by atoms with Gasteiger partial charge < -0.3 is 15.1 Å². The maximum absolute atomic E-state index is 12.4. The molecule has 0 atom stereocenters. The van der Waals surface area contributed by atoms with Gasteiger partial charge in [-0.1, -0.05) is 48.5 Å². The second kappa shape index (κ2) is 9.57. The van der Waals surface area contributed by atoms with Gasteiger partial charge in [0.1, 0.15) is 6.54 Å². The summed E-state index contributed by atoms with van der Waals surface area (Å²) in [7, 11) is 0. The van der Waals surface area contributed by atoms with Crippen LogP contribution in [0.25, 0.3) is 11.5 Å². The van der Waals surface area contributed by atoms with Crippen LogP contribution in [-0.2, 0) is 17.9 Å². The summed E-state index contributed by atoms with van der Waals surface area (Å²) in [5.41, 5.74) is 2.57. The molecule has 0 radical (unpaired) electrons. The summed E-state index contributed by atoms with van der Waals surface area (Å²) >= 11 is 0. The van der Waals surface area contributed by atoms with Gasteiger partial charge in [0.2, 0.25) is 11.8 Å². The van der Waals surface area contributed by atoms with Crippen LogP contribution in [0.15, 0.2) is 94.1 Å². The average Bonchev–Trinajstić information content (AvgIpc) is 3.19. The summed E-state index contributed by atoms with van der Waals surface area (Å²) in [6, 6.07) is 25.1. The molecule has 0 aliphatic carbocycles. The lowest BCUT2D eigenvalue weighted by Gasteiger charge is -2.08. The highest BCUT2D eigenvalue weighted by atomic mass is 16.4. The summed E-state index contributed by atoms with van der Waals surface area (Å²) < 4.78 is 6.10. The van der Waals surface area contributed by atoms with Gasteiger partial charge in [-0.3, -0.25) is 9.59 Å². The van der Waals surface area contributed by atoms with E-state index in [-0.39, 0.29) is 24.9 Å². The van der Waals surface area contributed by atoms with Gasteiger partial charge >= 0.3 is 5.76 Å². The lowest BCUT2D eigenvalue weighted by Crippen LogP contribution is -2.31. The van der Waals surface area contributed by atoms with E-state index in [2.05, 4.69) is 15.7 Å². The van der Waals surface area contributed by atoms with Crippen LogP contribution in [-0.4, -0.2) is 21.6 Å². The SMILES string of the molecule is O=C(Cn1nc(-c2ccccc2)oc1=O)NCc1cccc(C(=O)Nc2ccccc2)c1. The molecule has 8 heteroatoms. The Hall–Kier alpha value is -4.46. The fraction of sp³-hybridized carbons (Fsp3) is 0.0833. The Morgan fingerprint density at radius 1 is 0.906 bits per heavy atom. The molecule has 2 amide bonds. The highest BCUT2D eigenvalue weighted by Crippen LogP contribution is 2.14. The maximum atomic E-state index is 12.4. The van der Waals surface area contributed by atoms with Crippen LogP contribution in [0.4, 0.5) is 5.69 Å². The molecule has 1 aromatic heterocycles. The number of anilines is 1. The molecule has 0 saturated carbocycles. The Balaban J connectivity index is 1.35. The van der Waals surface area contributed by atoms with Crippen molar-refractivity contribution in [3.05, 3.63) is 107 Å². The molecule has 0 bridgehead atoms. The molecule has 0 aliphatic rings. The molecular weight excluding hydrogens is 408 g/mol. The van der Waals surface area contributed by atoms with E-state index < -0.39 is 11.7 Å². The largest absolute Gasteiger partial charge is 0.437 e. The molecule has 4 aromatic rings. The van der Waals surface area contributed by atoms with Gasteiger partial charge in [-0.15, -0.1) is 5.10 Å². The molecule has 8 nitrogen and oxygen atoms in total. The van der Waals surface area contributed by atoms with E-state index in [1.807, 2.05) is 24.3 Å². The van der Waals surface area contributed by atoms with Crippen LogP contribution in [0.5, 0.6) is 0 Å². The van der Waals surface area contributed by atoms with Crippen molar-refractivity contribution in [2.75, 3.05) is 5.32 Å². The molecule has 0 unspecified atom stereocenters. The molecule has 0 fully saturated rings. The van der Waals surface area contributed by atoms with Crippen molar-refractivity contribution in [3.8, 4) is 11.5 Å². The van der Waals surface area contributed by atoms with Crippen LogP contribution < -0.4 is 16.4 Å². The molecule has 0 aliphatic heterocycles. The number of rotatable bonds is 7. The van der Waals surface area contributed by atoms with E-state index in [0.29, 0.717) is 16.8 Å². The number of carbonyl (C=O) groups excluding carboxylic acids is 2. The standard InChI is InChI=1S/C24H20N4O4/c29-21(16-28-24(31)32-23(27-28)18-9-3-1-4-10-18)25-15-17-8-7-11-19(14-17)22(30)26-20-12-5-2-6-13-20/h1-14H,15-16H2,(H,25,29)(H,26,30). The first-order valence-corrected chi connectivity index (χ1v) is 9.94. The predicted octanol–water partition coefficient (Wildman–Crippen LogP) is 3.07. The molecule has 1 heterocycles. The van der Waals surface area contributed by atoms with E-state index >= 15 is 0 Å². The molecular formula is C24H20N4O4. The van der Waals surface area contributed by atoms with Crippen molar-refractivity contribution in [2.24, 2.45) is 0 Å². The van der Waals surface area contributed by atoms with Crippen LogP contribution in [0.1, 0.15) is 15.9 Å². The molecule has 4 rings (SSSR count). The zero-order valence-electron chi connectivity index (χ0n) is 17.0. The molecule has 0 saturated heterocycles. The van der Waals surface area contributed by atoms with E-state index in [4.69, 9.17) is 4.42 Å². The topological polar surface area (TPSA) is 106 Å². The highest BCUT2D eigenvalue weighted by Gasteiger charge is 2.13. The van der Waals surface area contributed by atoms with Gasteiger partial charge in [-0.05, 0) is 42.0 Å². The van der Waals surface area contributed by atoms with Crippen LogP contribution in [0.2, 0.25) is 0 Å². The second-order valence-corrected chi connectivity index (χ2v) is 6.99. The maximum Gasteiger partial charge on any atom is 0.437 e. The lowest BCUT2D eigenvalue weighted by atomic mass is 10.1.